The number of carbonyl (C=O) groups excluding carboxylic acids is 3. The van der Waals surface area contributed by atoms with Gasteiger partial charge in [-0.25, -0.2) is 0 Å². The molecule has 2 N–H and O–H groups in total. The molecule has 0 fully saturated rings. The minimum Gasteiger partial charge on any atom is -0.348 e. The van der Waals surface area contributed by atoms with Crippen LogP contribution in [0.3, 0.4) is 0 Å². The lowest BCUT2D eigenvalue weighted by molar-refractivity contribution is -0.123. The molecule has 2 atom stereocenters. The van der Waals surface area contributed by atoms with Crippen molar-refractivity contribution in [1.29, 1.82) is 0 Å². The van der Waals surface area contributed by atoms with Gasteiger partial charge in [0.1, 0.15) is 6.04 Å². The maximum atomic E-state index is 13.4. The predicted octanol–water partition coefficient (Wildman–Crippen LogP) is 4.94. The lowest BCUT2D eigenvalue weighted by Crippen LogP contribution is -2.50. The number of ketones is 1. The van der Waals surface area contributed by atoms with Crippen molar-refractivity contribution in [2.24, 2.45) is 0 Å². The molecule has 0 aromatic heterocycles. The molecule has 5 nitrogen and oxygen atoms in total. The predicted molar refractivity (Wildman–Crippen MR) is 139 cm³/mol. The fourth-order valence-corrected chi connectivity index (χ4v) is 3.75. The lowest BCUT2D eigenvalue weighted by Gasteiger charge is -2.22. The van der Waals surface area contributed by atoms with Crippen molar-refractivity contribution < 1.29 is 14.4 Å². The van der Waals surface area contributed by atoms with E-state index in [-0.39, 0.29) is 23.6 Å². The number of hydrogen-bond donors (Lipinski definition) is 2. The van der Waals surface area contributed by atoms with Crippen LogP contribution in [0.5, 0.6) is 0 Å². The van der Waals surface area contributed by atoms with E-state index in [9.17, 15) is 14.4 Å². The topological polar surface area (TPSA) is 75.3 Å². The summed E-state index contributed by atoms with van der Waals surface area (Å²) in [5.74, 6) is -0.777. The van der Waals surface area contributed by atoms with E-state index in [0.29, 0.717) is 23.4 Å². The third kappa shape index (κ3) is 8.87. The molecule has 0 spiro atoms. The van der Waals surface area contributed by atoms with E-state index in [1.807, 2.05) is 60.7 Å². The number of carbonyl (C=O) groups is 3. The summed E-state index contributed by atoms with van der Waals surface area (Å²) in [4.78, 5) is 37.8. The van der Waals surface area contributed by atoms with Crippen molar-refractivity contribution in [1.82, 2.24) is 10.6 Å². The van der Waals surface area contributed by atoms with Crippen molar-refractivity contribution in [2.45, 2.75) is 38.3 Å². The number of allylic oxidation sites excluding steroid dienone is 1. The summed E-state index contributed by atoms with van der Waals surface area (Å²) in [5, 5.41) is 6.40. The molecule has 3 aromatic rings. The van der Waals surface area contributed by atoms with E-state index in [1.54, 1.807) is 30.3 Å². The van der Waals surface area contributed by atoms with Crippen LogP contribution in [0, 0.1) is 0 Å². The molecule has 3 aromatic carbocycles. The third-order valence-corrected chi connectivity index (χ3v) is 5.74. The summed E-state index contributed by atoms with van der Waals surface area (Å²) in [6.45, 7) is 1.47. The van der Waals surface area contributed by atoms with Crippen LogP contribution < -0.4 is 10.6 Å². The molecule has 0 aliphatic rings. The Bertz CT molecular complexity index is 1150. The highest BCUT2D eigenvalue weighted by Gasteiger charge is 2.24. The first kappa shape index (κ1) is 25.9. The van der Waals surface area contributed by atoms with E-state index < -0.39 is 6.04 Å². The zero-order valence-electron chi connectivity index (χ0n) is 19.6. The Morgan fingerprint density at radius 1 is 0.829 bits per heavy atom. The molecule has 0 bridgehead atoms. The van der Waals surface area contributed by atoms with E-state index in [4.69, 9.17) is 11.6 Å². The number of halogens is 1. The average Bonchev–Trinajstić information content (AvgIpc) is 2.86. The summed E-state index contributed by atoms with van der Waals surface area (Å²) in [5.41, 5.74) is 2.47. The number of aryl methyl sites for hydroxylation is 1. The van der Waals surface area contributed by atoms with Gasteiger partial charge < -0.3 is 10.6 Å². The molecular weight excluding hydrogens is 460 g/mol. The maximum absolute atomic E-state index is 13.4. The quantitative estimate of drug-likeness (QED) is 0.375. The molecule has 2 amide bonds. The summed E-state index contributed by atoms with van der Waals surface area (Å²) < 4.78 is 0. The van der Waals surface area contributed by atoms with E-state index in [0.717, 1.165) is 17.5 Å². The van der Waals surface area contributed by atoms with Gasteiger partial charge in [-0.1, -0.05) is 78.3 Å². The Morgan fingerprint density at radius 3 is 2.03 bits per heavy atom. The van der Waals surface area contributed by atoms with Gasteiger partial charge in [0.05, 0.1) is 0 Å². The highest BCUT2D eigenvalue weighted by Crippen LogP contribution is 2.12. The summed E-state index contributed by atoms with van der Waals surface area (Å²) in [6, 6.07) is 24.8. The lowest BCUT2D eigenvalue weighted by atomic mass is 10.0. The number of nitrogens with one attached hydrogen (secondary N) is 2. The fourth-order valence-electron chi connectivity index (χ4n) is 3.62. The summed E-state index contributed by atoms with van der Waals surface area (Å²) >= 11 is 5.94. The van der Waals surface area contributed by atoms with Crippen LogP contribution in [0.1, 0.15) is 34.8 Å². The molecule has 35 heavy (non-hydrogen) atoms. The molecule has 0 radical (unpaired) electrons. The molecule has 0 saturated heterocycles. The van der Waals surface area contributed by atoms with Crippen LogP contribution in [-0.2, 0) is 22.4 Å². The Balaban J connectivity index is 1.76. The maximum Gasteiger partial charge on any atom is 0.251 e. The summed E-state index contributed by atoms with van der Waals surface area (Å²) in [6.07, 6.45) is 4.85. The second kappa shape index (κ2) is 13.3. The number of benzene rings is 3. The Hall–Kier alpha value is -3.70. The monoisotopic (exact) mass is 488 g/mol. The zero-order chi connectivity index (χ0) is 25.0. The van der Waals surface area contributed by atoms with Crippen molar-refractivity contribution in [3.8, 4) is 0 Å². The Kier molecular flexibility index (Phi) is 9.81. The second-order valence-corrected chi connectivity index (χ2v) is 8.77. The van der Waals surface area contributed by atoms with Gasteiger partial charge in [-0.05, 0) is 61.2 Å². The highest BCUT2D eigenvalue weighted by atomic mass is 35.5. The van der Waals surface area contributed by atoms with Crippen LogP contribution >= 0.6 is 11.6 Å². The summed E-state index contributed by atoms with van der Waals surface area (Å²) in [7, 11) is 0. The largest absolute Gasteiger partial charge is 0.348 e. The van der Waals surface area contributed by atoms with Crippen LogP contribution in [0.25, 0.3) is 0 Å². The van der Waals surface area contributed by atoms with Gasteiger partial charge in [-0.15, -0.1) is 0 Å². The third-order valence-electron chi connectivity index (χ3n) is 5.49. The van der Waals surface area contributed by atoms with Gasteiger partial charge >= 0.3 is 0 Å². The minimum absolute atomic E-state index is 0.0964. The van der Waals surface area contributed by atoms with Crippen LogP contribution in [0.2, 0.25) is 5.02 Å². The van der Waals surface area contributed by atoms with Crippen LogP contribution in [-0.4, -0.2) is 29.7 Å². The molecule has 3 rings (SSSR count). The van der Waals surface area contributed by atoms with Gasteiger partial charge in [0.2, 0.25) is 5.91 Å². The van der Waals surface area contributed by atoms with Crippen molar-refractivity contribution in [3.63, 3.8) is 0 Å². The molecule has 0 aliphatic heterocycles. The normalized spacial score (nSPS) is 12.6. The number of hydrogen-bond acceptors (Lipinski definition) is 3. The Labute approximate surface area is 211 Å². The van der Waals surface area contributed by atoms with Crippen molar-refractivity contribution >= 4 is 29.2 Å². The standard InChI is InChI=1S/C29H29ClN2O3/c1-21(33)12-18-26(19-13-22-8-4-2-5-9-22)31-29(35)27(20-23-10-6-3-7-11-23)32-28(34)24-14-16-25(30)17-15-24/h2-12,14-18,26-27H,13,19-20H2,1H3,(H,31,35)(H,32,34)/b18-12+/t26-,27+/m1/s1. The first-order chi connectivity index (χ1) is 16.9. The molecule has 0 aliphatic carbocycles. The second-order valence-electron chi connectivity index (χ2n) is 8.33. The first-order valence-electron chi connectivity index (χ1n) is 11.5. The first-order valence-corrected chi connectivity index (χ1v) is 11.9. The van der Waals surface area contributed by atoms with Crippen LogP contribution in [0.15, 0.2) is 97.1 Å². The molecule has 6 heteroatoms. The number of amides is 2. The minimum atomic E-state index is -0.800. The van der Waals surface area contributed by atoms with Gasteiger partial charge in [0.25, 0.3) is 5.91 Å². The molecule has 0 unspecified atom stereocenters. The van der Waals surface area contributed by atoms with Crippen LogP contribution in [0.4, 0.5) is 0 Å². The van der Waals surface area contributed by atoms with Gasteiger partial charge in [-0.3, -0.25) is 14.4 Å². The smallest absolute Gasteiger partial charge is 0.251 e. The molecular formula is C29H29ClN2O3. The zero-order valence-corrected chi connectivity index (χ0v) is 20.4. The molecule has 180 valence electrons. The van der Waals surface area contributed by atoms with Gasteiger partial charge in [-0.2, -0.15) is 0 Å². The van der Waals surface area contributed by atoms with Crippen molar-refractivity contribution in [3.05, 3.63) is 119 Å². The van der Waals surface area contributed by atoms with Crippen molar-refractivity contribution in [2.75, 3.05) is 0 Å². The molecule has 0 saturated carbocycles. The average molecular weight is 489 g/mol. The highest BCUT2D eigenvalue weighted by molar-refractivity contribution is 6.30. The van der Waals surface area contributed by atoms with Gasteiger partial charge in [0.15, 0.2) is 5.78 Å². The van der Waals surface area contributed by atoms with E-state index >= 15 is 0 Å². The molecule has 0 heterocycles. The number of rotatable bonds is 11. The SMILES string of the molecule is CC(=O)/C=C/[C@H](CCc1ccccc1)NC(=O)[C@H](Cc1ccccc1)NC(=O)c1ccc(Cl)cc1. The Morgan fingerprint density at radius 2 is 1.43 bits per heavy atom. The van der Waals surface area contributed by atoms with E-state index in [2.05, 4.69) is 10.6 Å². The fraction of sp³-hybridized carbons (Fsp3) is 0.207. The van der Waals surface area contributed by atoms with Gasteiger partial charge in [0, 0.05) is 23.0 Å². The van der Waals surface area contributed by atoms with E-state index in [1.165, 1.54) is 13.0 Å².